The summed E-state index contributed by atoms with van der Waals surface area (Å²) in [5, 5.41) is 6.28. The first-order valence-corrected chi connectivity index (χ1v) is 16.8. The summed E-state index contributed by atoms with van der Waals surface area (Å²) in [4.78, 5) is 46.3. The lowest BCUT2D eigenvalue weighted by Crippen LogP contribution is -2.57. The molecule has 0 aromatic heterocycles. The van der Waals surface area contributed by atoms with Crippen molar-refractivity contribution in [1.29, 1.82) is 0 Å². The van der Waals surface area contributed by atoms with Gasteiger partial charge in [-0.2, -0.15) is 0 Å². The quantitative estimate of drug-likeness (QED) is 0.303. The third kappa shape index (κ3) is 6.38. The minimum Gasteiger partial charge on any atom is -0.457 e. The van der Waals surface area contributed by atoms with E-state index in [1.165, 1.54) is 6.42 Å². The molecule has 6 rings (SSSR count). The van der Waals surface area contributed by atoms with Crippen molar-refractivity contribution < 1.29 is 23.9 Å². The number of hydrogen-bond acceptors (Lipinski definition) is 6. The van der Waals surface area contributed by atoms with E-state index in [1.54, 1.807) is 29.2 Å². The van der Waals surface area contributed by atoms with Crippen LogP contribution in [0.15, 0.2) is 66.7 Å². The Bertz CT molecular complexity index is 1370. The number of amides is 3. The maximum atomic E-state index is 14.3. The van der Waals surface area contributed by atoms with E-state index < -0.39 is 29.6 Å². The van der Waals surface area contributed by atoms with Gasteiger partial charge in [0.2, 0.25) is 17.7 Å². The largest absolute Gasteiger partial charge is 0.457 e. The highest BCUT2D eigenvalue weighted by Crippen LogP contribution is 2.55. The minimum atomic E-state index is -1.16. The smallest absolute Gasteiger partial charge is 0.246 e. The summed E-state index contributed by atoms with van der Waals surface area (Å²) in [5.74, 6) is -0.752. The standard InChI is InChI=1S/C36H46N4O5/c1-3-21-39(22-4-2)23-24-40-32(34(42)38-25-11-7-5-8-12-25)36-20-19-29(45-36)30(31(36)35(40)43)33(41)37-26-15-17-28(18-16-26)44-27-13-9-6-10-14-27/h6,9-10,13-20,25,29-32H,3-5,7-8,11-12,21-24H2,1-2H3,(H,37,41)(H,38,42)/t29-,30-,31-,32+,36+/m1/s1. The molecule has 2 aromatic carbocycles. The second-order valence-electron chi connectivity index (χ2n) is 12.8. The van der Waals surface area contributed by atoms with Crippen LogP contribution in [0.1, 0.15) is 58.8 Å². The van der Waals surface area contributed by atoms with E-state index in [2.05, 4.69) is 29.4 Å². The summed E-state index contributed by atoms with van der Waals surface area (Å²) in [5.41, 5.74) is -0.555. The van der Waals surface area contributed by atoms with Gasteiger partial charge in [0.1, 0.15) is 23.1 Å². The first kappa shape index (κ1) is 31.3. The van der Waals surface area contributed by atoms with Crippen molar-refractivity contribution in [2.75, 3.05) is 31.5 Å². The second-order valence-corrected chi connectivity index (χ2v) is 12.8. The summed E-state index contributed by atoms with van der Waals surface area (Å²) in [6, 6.07) is 16.0. The molecule has 5 atom stereocenters. The van der Waals surface area contributed by atoms with Gasteiger partial charge in [0.15, 0.2) is 0 Å². The zero-order valence-electron chi connectivity index (χ0n) is 26.5. The fourth-order valence-corrected chi connectivity index (χ4v) is 7.71. The summed E-state index contributed by atoms with van der Waals surface area (Å²) < 4.78 is 12.4. The molecule has 2 N–H and O–H groups in total. The Balaban J connectivity index is 1.21. The van der Waals surface area contributed by atoms with Crippen LogP contribution in [-0.4, -0.2) is 77.5 Å². The van der Waals surface area contributed by atoms with Gasteiger partial charge in [0, 0.05) is 24.8 Å². The molecular weight excluding hydrogens is 568 g/mol. The van der Waals surface area contributed by atoms with Crippen LogP contribution in [0.4, 0.5) is 5.69 Å². The molecule has 3 heterocycles. The Morgan fingerprint density at radius 3 is 2.31 bits per heavy atom. The predicted octanol–water partition coefficient (Wildman–Crippen LogP) is 5.14. The normalized spacial score (nSPS) is 27.2. The van der Waals surface area contributed by atoms with E-state index in [9.17, 15) is 14.4 Å². The number of nitrogens with zero attached hydrogens (tertiary/aromatic N) is 2. The summed E-state index contributed by atoms with van der Waals surface area (Å²) in [6.45, 7) is 7.25. The van der Waals surface area contributed by atoms with Gasteiger partial charge in [0.25, 0.3) is 0 Å². The lowest BCUT2D eigenvalue weighted by atomic mass is 9.74. The lowest BCUT2D eigenvalue weighted by molar-refractivity contribution is -0.141. The number of likely N-dealkylation sites (tertiary alicyclic amines) is 1. The third-order valence-electron chi connectivity index (χ3n) is 9.71. The highest BCUT2D eigenvalue weighted by Gasteiger charge is 2.72. The second kappa shape index (κ2) is 13.7. The molecule has 0 radical (unpaired) electrons. The number of anilines is 1. The van der Waals surface area contributed by atoms with E-state index in [0.29, 0.717) is 24.5 Å². The van der Waals surface area contributed by atoms with Crippen LogP contribution in [0.25, 0.3) is 0 Å². The number of para-hydroxylation sites is 1. The molecule has 1 saturated carbocycles. The highest BCUT2D eigenvalue weighted by atomic mass is 16.5. The zero-order chi connectivity index (χ0) is 31.4. The van der Waals surface area contributed by atoms with Gasteiger partial charge in [-0.3, -0.25) is 14.4 Å². The number of hydrogen-bond donors (Lipinski definition) is 2. The molecule has 0 unspecified atom stereocenters. The number of rotatable bonds is 13. The SMILES string of the molecule is CCCN(CCC)CCN1C(=O)[C@H]2[C@H](C(=O)Nc3ccc(Oc4ccccc4)cc3)[C@H]3C=C[C@@]2(O3)[C@@H]1C(=O)NC1CCCCC1. The number of nitrogens with one attached hydrogen (secondary N) is 2. The average Bonchev–Trinajstić information content (AvgIpc) is 3.69. The van der Waals surface area contributed by atoms with Crippen LogP contribution < -0.4 is 15.4 Å². The van der Waals surface area contributed by atoms with E-state index in [1.807, 2.05) is 42.5 Å². The Morgan fingerprint density at radius 1 is 0.933 bits per heavy atom. The molecule has 9 nitrogen and oxygen atoms in total. The lowest BCUT2D eigenvalue weighted by Gasteiger charge is -2.35. The van der Waals surface area contributed by atoms with Crippen molar-refractivity contribution in [3.63, 3.8) is 0 Å². The summed E-state index contributed by atoms with van der Waals surface area (Å²) in [6.07, 6.45) is 10.5. The van der Waals surface area contributed by atoms with E-state index >= 15 is 0 Å². The van der Waals surface area contributed by atoms with Crippen molar-refractivity contribution >= 4 is 23.4 Å². The van der Waals surface area contributed by atoms with Crippen molar-refractivity contribution in [2.45, 2.75) is 82.6 Å². The van der Waals surface area contributed by atoms with E-state index in [-0.39, 0.29) is 23.8 Å². The Kier molecular flexibility index (Phi) is 9.56. The van der Waals surface area contributed by atoms with Crippen molar-refractivity contribution in [1.82, 2.24) is 15.1 Å². The molecule has 2 bridgehead atoms. The van der Waals surface area contributed by atoms with Crippen LogP contribution in [0.5, 0.6) is 11.5 Å². The first-order chi connectivity index (χ1) is 21.9. The number of fused-ring (bicyclic) bond motifs is 1. The molecule has 1 aliphatic carbocycles. The number of benzene rings is 2. The van der Waals surface area contributed by atoms with Gasteiger partial charge < -0.3 is 29.9 Å². The summed E-state index contributed by atoms with van der Waals surface area (Å²) in [7, 11) is 0. The fourth-order valence-electron chi connectivity index (χ4n) is 7.71. The topological polar surface area (TPSA) is 100 Å². The van der Waals surface area contributed by atoms with Gasteiger partial charge in [0.05, 0.1) is 17.9 Å². The maximum absolute atomic E-state index is 14.3. The first-order valence-electron chi connectivity index (χ1n) is 16.8. The van der Waals surface area contributed by atoms with E-state index in [4.69, 9.17) is 9.47 Å². The fraction of sp³-hybridized carbons (Fsp3) is 0.528. The van der Waals surface area contributed by atoms with Crippen LogP contribution >= 0.6 is 0 Å². The molecule has 240 valence electrons. The van der Waals surface area contributed by atoms with Crippen LogP contribution in [0.3, 0.4) is 0 Å². The molecule has 4 aliphatic rings. The van der Waals surface area contributed by atoms with Crippen LogP contribution in [0.2, 0.25) is 0 Å². The average molecular weight is 615 g/mol. The van der Waals surface area contributed by atoms with E-state index in [0.717, 1.165) is 57.4 Å². The molecule has 1 spiro atoms. The monoisotopic (exact) mass is 614 g/mol. The highest BCUT2D eigenvalue weighted by molar-refractivity contribution is 6.02. The molecule has 2 saturated heterocycles. The van der Waals surface area contributed by atoms with Gasteiger partial charge >= 0.3 is 0 Å². The van der Waals surface area contributed by atoms with Gasteiger partial charge in [-0.25, -0.2) is 0 Å². The number of ether oxygens (including phenoxy) is 2. The minimum absolute atomic E-state index is 0.103. The predicted molar refractivity (Wildman–Crippen MR) is 173 cm³/mol. The molecule has 9 heteroatoms. The zero-order valence-corrected chi connectivity index (χ0v) is 26.5. The summed E-state index contributed by atoms with van der Waals surface area (Å²) >= 11 is 0. The molecule has 45 heavy (non-hydrogen) atoms. The van der Waals surface area contributed by atoms with Crippen molar-refractivity contribution in [3.05, 3.63) is 66.7 Å². The van der Waals surface area contributed by atoms with Crippen molar-refractivity contribution in [3.8, 4) is 11.5 Å². The van der Waals surface area contributed by atoms with Gasteiger partial charge in [-0.1, -0.05) is 63.5 Å². The van der Waals surface area contributed by atoms with Crippen LogP contribution in [-0.2, 0) is 19.1 Å². The van der Waals surface area contributed by atoms with Crippen LogP contribution in [0, 0.1) is 11.8 Å². The molecule has 3 aliphatic heterocycles. The molecular formula is C36H46N4O5. The maximum Gasteiger partial charge on any atom is 0.246 e. The Hall–Kier alpha value is -3.69. The Morgan fingerprint density at radius 2 is 1.62 bits per heavy atom. The number of carbonyl (C=O) groups is 3. The number of carbonyl (C=O) groups excluding carboxylic acids is 3. The third-order valence-corrected chi connectivity index (χ3v) is 9.71. The molecule has 3 amide bonds. The Labute approximate surface area is 266 Å². The molecule has 2 aromatic rings. The van der Waals surface area contributed by atoms with Crippen molar-refractivity contribution in [2.24, 2.45) is 11.8 Å². The van der Waals surface area contributed by atoms with Gasteiger partial charge in [-0.15, -0.1) is 0 Å². The van der Waals surface area contributed by atoms with Gasteiger partial charge in [-0.05, 0) is 75.2 Å². The molecule has 3 fully saturated rings.